The van der Waals surface area contributed by atoms with Gasteiger partial charge in [-0.15, -0.1) is 0 Å². The minimum Gasteiger partial charge on any atom is -0.467 e. The molecule has 0 spiro atoms. The number of ether oxygens (including phenoxy) is 2. The van der Waals surface area contributed by atoms with Crippen LogP contribution in [0.4, 0.5) is 0 Å². The Morgan fingerprint density at radius 3 is 2.21 bits per heavy atom. The van der Waals surface area contributed by atoms with Crippen molar-refractivity contribution >= 4 is 5.97 Å². The van der Waals surface area contributed by atoms with Crippen LogP contribution in [0.1, 0.15) is 36.6 Å². The van der Waals surface area contributed by atoms with Crippen LogP contribution in [0, 0.1) is 6.92 Å². The van der Waals surface area contributed by atoms with Crippen LogP contribution in [-0.2, 0) is 19.9 Å². The lowest BCUT2D eigenvalue weighted by atomic mass is 9.95. The molecule has 0 bridgehead atoms. The van der Waals surface area contributed by atoms with E-state index in [4.69, 9.17) is 9.47 Å². The second-order valence-electron chi connectivity index (χ2n) is 6.24. The summed E-state index contributed by atoms with van der Waals surface area (Å²) in [5.74, 6) is -0.602. The fourth-order valence-electron chi connectivity index (χ4n) is 2.66. The molecule has 2 rings (SSSR count). The van der Waals surface area contributed by atoms with Crippen molar-refractivity contribution in [1.82, 2.24) is 0 Å². The standard InChI is InChI=1S/C20H24O4/c1-14-10-8-9-13-16(14)17(21)18(19(22)23-4)24-20(2,3)15-11-6-5-7-12-15/h5-13,17-18,21H,1-4H3/t17-,18+/m0/s1. The second kappa shape index (κ2) is 7.60. The molecule has 0 aliphatic heterocycles. The summed E-state index contributed by atoms with van der Waals surface area (Å²) in [4.78, 5) is 12.2. The molecular weight excluding hydrogens is 304 g/mol. The van der Waals surface area contributed by atoms with E-state index in [-0.39, 0.29) is 0 Å². The van der Waals surface area contributed by atoms with E-state index in [1.54, 1.807) is 6.07 Å². The fraction of sp³-hybridized carbons (Fsp3) is 0.350. The third kappa shape index (κ3) is 4.02. The van der Waals surface area contributed by atoms with Crippen molar-refractivity contribution in [3.63, 3.8) is 0 Å². The van der Waals surface area contributed by atoms with E-state index in [9.17, 15) is 9.90 Å². The molecule has 128 valence electrons. The Morgan fingerprint density at radius 2 is 1.62 bits per heavy atom. The van der Waals surface area contributed by atoms with Gasteiger partial charge in [0.1, 0.15) is 6.10 Å². The molecule has 0 aromatic heterocycles. The van der Waals surface area contributed by atoms with Crippen LogP contribution in [-0.4, -0.2) is 24.3 Å². The number of carbonyl (C=O) groups is 1. The van der Waals surface area contributed by atoms with Gasteiger partial charge in [-0.1, -0.05) is 54.6 Å². The first kappa shape index (κ1) is 18.2. The minimum absolute atomic E-state index is 0.602. The summed E-state index contributed by atoms with van der Waals surface area (Å²) in [7, 11) is 1.29. The molecule has 0 saturated heterocycles. The van der Waals surface area contributed by atoms with Crippen LogP contribution in [0.25, 0.3) is 0 Å². The molecule has 0 amide bonds. The number of aliphatic hydroxyl groups is 1. The summed E-state index contributed by atoms with van der Waals surface area (Å²) < 4.78 is 10.9. The number of rotatable bonds is 6. The van der Waals surface area contributed by atoms with Gasteiger partial charge in [-0.2, -0.15) is 0 Å². The van der Waals surface area contributed by atoms with E-state index in [1.165, 1.54) is 7.11 Å². The molecule has 0 radical (unpaired) electrons. The smallest absolute Gasteiger partial charge is 0.338 e. The molecule has 0 aliphatic carbocycles. The number of hydrogen-bond donors (Lipinski definition) is 1. The molecule has 4 nitrogen and oxygen atoms in total. The molecule has 0 unspecified atom stereocenters. The largest absolute Gasteiger partial charge is 0.467 e. The second-order valence-corrected chi connectivity index (χ2v) is 6.24. The van der Waals surface area contributed by atoms with Crippen LogP contribution in [0.2, 0.25) is 0 Å². The van der Waals surface area contributed by atoms with Crippen LogP contribution in [0.5, 0.6) is 0 Å². The van der Waals surface area contributed by atoms with Gasteiger partial charge in [-0.05, 0) is 37.5 Å². The first-order valence-corrected chi connectivity index (χ1v) is 7.91. The fourth-order valence-corrected chi connectivity index (χ4v) is 2.66. The number of methoxy groups -OCH3 is 1. The van der Waals surface area contributed by atoms with Gasteiger partial charge in [-0.3, -0.25) is 0 Å². The summed E-state index contributed by atoms with van der Waals surface area (Å²) in [5, 5.41) is 10.7. The Labute approximate surface area is 143 Å². The first-order chi connectivity index (χ1) is 11.4. The Hall–Kier alpha value is -2.17. The van der Waals surface area contributed by atoms with Crippen LogP contribution < -0.4 is 0 Å². The molecule has 2 aromatic carbocycles. The Bertz CT molecular complexity index is 679. The highest BCUT2D eigenvalue weighted by molar-refractivity contribution is 5.75. The Balaban J connectivity index is 2.32. The minimum atomic E-state index is -1.12. The van der Waals surface area contributed by atoms with Gasteiger partial charge in [0.2, 0.25) is 0 Å². The zero-order valence-corrected chi connectivity index (χ0v) is 14.5. The van der Waals surface area contributed by atoms with Crippen molar-refractivity contribution < 1.29 is 19.4 Å². The van der Waals surface area contributed by atoms with Gasteiger partial charge in [0, 0.05) is 0 Å². The summed E-state index contributed by atoms with van der Waals surface area (Å²) >= 11 is 0. The molecule has 0 fully saturated rings. The van der Waals surface area contributed by atoms with E-state index >= 15 is 0 Å². The number of carbonyl (C=O) groups excluding carboxylic acids is 1. The maximum Gasteiger partial charge on any atom is 0.338 e. The average Bonchev–Trinajstić information content (AvgIpc) is 2.59. The highest BCUT2D eigenvalue weighted by Gasteiger charge is 2.36. The topological polar surface area (TPSA) is 55.8 Å². The highest BCUT2D eigenvalue weighted by Crippen LogP contribution is 2.31. The molecule has 0 saturated carbocycles. The average molecular weight is 328 g/mol. The van der Waals surface area contributed by atoms with E-state index in [1.807, 2.05) is 69.3 Å². The summed E-state index contributed by atoms with van der Waals surface area (Å²) in [6, 6.07) is 17.0. The zero-order chi connectivity index (χ0) is 17.7. The number of benzene rings is 2. The van der Waals surface area contributed by atoms with Gasteiger partial charge in [0.05, 0.1) is 12.7 Å². The van der Waals surface area contributed by atoms with Crippen molar-refractivity contribution in [2.24, 2.45) is 0 Å². The number of hydrogen-bond acceptors (Lipinski definition) is 4. The number of aliphatic hydroxyl groups excluding tert-OH is 1. The lowest BCUT2D eigenvalue weighted by molar-refractivity contribution is -0.179. The van der Waals surface area contributed by atoms with Crippen LogP contribution in [0.3, 0.4) is 0 Å². The van der Waals surface area contributed by atoms with E-state index < -0.39 is 23.8 Å². The lowest BCUT2D eigenvalue weighted by Gasteiger charge is -2.32. The van der Waals surface area contributed by atoms with Gasteiger partial charge >= 0.3 is 5.97 Å². The lowest BCUT2D eigenvalue weighted by Crippen LogP contribution is -2.39. The molecule has 1 N–H and O–H groups in total. The van der Waals surface area contributed by atoms with Gasteiger partial charge in [0.15, 0.2) is 6.10 Å². The van der Waals surface area contributed by atoms with Crippen LogP contribution in [0.15, 0.2) is 54.6 Å². The van der Waals surface area contributed by atoms with Crippen molar-refractivity contribution in [2.45, 2.75) is 38.6 Å². The molecular formula is C20H24O4. The first-order valence-electron chi connectivity index (χ1n) is 7.91. The zero-order valence-electron chi connectivity index (χ0n) is 14.5. The molecule has 0 aliphatic rings. The molecule has 4 heteroatoms. The number of esters is 1. The monoisotopic (exact) mass is 328 g/mol. The third-order valence-electron chi connectivity index (χ3n) is 4.12. The van der Waals surface area contributed by atoms with E-state index in [0.29, 0.717) is 5.56 Å². The summed E-state index contributed by atoms with van der Waals surface area (Å²) in [6.07, 6.45) is -2.23. The molecule has 24 heavy (non-hydrogen) atoms. The highest BCUT2D eigenvalue weighted by atomic mass is 16.6. The molecule has 0 heterocycles. The van der Waals surface area contributed by atoms with Crippen molar-refractivity contribution in [2.75, 3.05) is 7.11 Å². The summed E-state index contributed by atoms with van der Waals surface area (Å²) in [5.41, 5.74) is 1.69. The maximum atomic E-state index is 12.2. The van der Waals surface area contributed by atoms with Crippen molar-refractivity contribution in [3.8, 4) is 0 Å². The van der Waals surface area contributed by atoms with Crippen LogP contribution >= 0.6 is 0 Å². The quantitative estimate of drug-likeness (QED) is 0.824. The summed E-state index contributed by atoms with van der Waals surface area (Å²) in [6.45, 7) is 5.61. The number of aryl methyl sites for hydroxylation is 1. The van der Waals surface area contributed by atoms with E-state index in [0.717, 1.165) is 11.1 Å². The molecule has 2 atom stereocenters. The van der Waals surface area contributed by atoms with Crippen molar-refractivity contribution in [3.05, 3.63) is 71.3 Å². The SMILES string of the molecule is COC(=O)[C@H](OC(C)(C)c1ccccc1)[C@@H](O)c1ccccc1C. The Morgan fingerprint density at radius 1 is 1.04 bits per heavy atom. The predicted molar refractivity (Wildman–Crippen MR) is 92.5 cm³/mol. The normalized spacial score (nSPS) is 14.0. The third-order valence-corrected chi connectivity index (χ3v) is 4.12. The Kier molecular flexibility index (Phi) is 5.75. The predicted octanol–water partition coefficient (Wildman–Crippen LogP) is 3.52. The molecule has 2 aromatic rings. The van der Waals surface area contributed by atoms with Gasteiger partial charge < -0.3 is 14.6 Å². The van der Waals surface area contributed by atoms with E-state index in [2.05, 4.69) is 0 Å². The van der Waals surface area contributed by atoms with Gasteiger partial charge in [-0.25, -0.2) is 4.79 Å². The maximum absolute atomic E-state index is 12.2. The van der Waals surface area contributed by atoms with Gasteiger partial charge in [0.25, 0.3) is 0 Å². The van der Waals surface area contributed by atoms with Crippen molar-refractivity contribution in [1.29, 1.82) is 0 Å².